The average molecular weight is 223 g/mol. The maximum Gasteiger partial charge on any atom is 0.123 e. The lowest BCUT2D eigenvalue weighted by Crippen LogP contribution is -2.36. The van der Waals surface area contributed by atoms with Crippen LogP contribution < -0.4 is 5.32 Å². The first kappa shape index (κ1) is 13.2. The van der Waals surface area contributed by atoms with Crippen molar-refractivity contribution in [3.8, 4) is 0 Å². The molecule has 0 fully saturated rings. The predicted molar refractivity (Wildman–Crippen MR) is 67.0 cm³/mol. The predicted octanol–water partition coefficient (Wildman–Crippen LogP) is 3.25. The fraction of sp³-hybridized carbons (Fsp3) is 0.571. The lowest BCUT2D eigenvalue weighted by molar-refractivity contribution is 0.212. The standard InChI is InChI=1S/C14H22FN/c1-11(2)14(3,10-16-4)9-12-5-7-13(15)8-6-12/h5-8,11,16H,9-10H2,1-4H3. The Balaban J connectivity index is 2.79. The summed E-state index contributed by atoms with van der Waals surface area (Å²) in [5.74, 6) is 0.425. The molecule has 1 aromatic rings. The van der Waals surface area contributed by atoms with Gasteiger partial charge in [0.15, 0.2) is 0 Å². The third-order valence-electron chi connectivity index (χ3n) is 3.50. The molecule has 1 rings (SSSR count). The topological polar surface area (TPSA) is 12.0 Å². The van der Waals surface area contributed by atoms with Crippen molar-refractivity contribution in [2.75, 3.05) is 13.6 Å². The van der Waals surface area contributed by atoms with E-state index in [-0.39, 0.29) is 11.2 Å². The zero-order chi connectivity index (χ0) is 12.2. The largest absolute Gasteiger partial charge is 0.319 e. The van der Waals surface area contributed by atoms with Crippen LogP contribution in [0.25, 0.3) is 0 Å². The van der Waals surface area contributed by atoms with E-state index in [1.54, 1.807) is 0 Å². The first-order valence-corrected chi connectivity index (χ1v) is 5.87. The molecule has 0 bridgehead atoms. The van der Waals surface area contributed by atoms with Gasteiger partial charge in [-0.05, 0) is 42.5 Å². The van der Waals surface area contributed by atoms with Crippen molar-refractivity contribution in [3.63, 3.8) is 0 Å². The molecule has 16 heavy (non-hydrogen) atoms. The second kappa shape index (κ2) is 5.44. The molecule has 1 aromatic carbocycles. The van der Waals surface area contributed by atoms with Crippen LogP contribution in [-0.2, 0) is 6.42 Å². The van der Waals surface area contributed by atoms with Crippen LogP contribution >= 0.6 is 0 Å². The van der Waals surface area contributed by atoms with E-state index < -0.39 is 0 Å². The molecule has 0 saturated carbocycles. The molecule has 0 aliphatic carbocycles. The lowest BCUT2D eigenvalue weighted by atomic mass is 9.74. The van der Waals surface area contributed by atoms with Gasteiger partial charge in [-0.2, -0.15) is 0 Å². The zero-order valence-corrected chi connectivity index (χ0v) is 10.7. The minimum absolute atomic E-state index is 0.163. The Morgan fingerprint density at radius 1 is 1.25 bits per heavy atom. The molecule has 0 radical (unpaired) electrons. The Morgan fingerprint density at radius 2 is 1.81 bits per heavy atom. The summed E-state index contributed by atoms with van der Waals surface area (Å²) < 4.78 is 12.8. The molecule has 0 aliphatic rings. The van der Waals surface area contributed by atoms with E-state index in [1.807, 2.05) is 19.2 Å². The SMILES string of the molecule is CNCC(C)(Cc1ccc(F)cc1)C(C)C. The van der Waals surface area contributed by atoms with E-state index in [1.165, 1.54) is 17.7 Å². The average Bonchev–Trinajstić information content (AvgIpc) is 2.22. The molecule has 90 valence electrons. The first-order chi connectivity index (χ1) is 7.48. The maximum absolute atomic E-state index is 12.8. The van der Waals surface area contributed by atoms with E-state index in [0.29, 0.717) is 5.92 Å². The Kier molecular flexibility index (Phi) is 4.48. The van der Waals surface area contributed by atoms with Gasteiger partial charge in [0, 0.05) is 6.54 Å². The molecule has 1 atom stereocenters. The van der Waals surface area contributed by atoms with E-state index in [0.717, 1.165) is 13.0 Å². The van der Waals surface area contributed by atoms with Crippen LogP contribution in [0.15, 0.2) is 24.3 Å². The highest BCUT2D eigenvalue weighted by atomic mass is 19.1. The van der Waals surface area contributed by atoms with E-state index >= 15 is 0 Å². The van der Waals surface area contributed by atoms with Crippen LogP contribution in [0, 0.1) is 17.2 Å². The minimum atomic E-state index is -0.163. The van der Waals surface area contributed by atoms with Gasteiger partial charge < -0.3 is 5.32 Å². The van der Waals surface area contributed by atoms with Crippen LogP contribution in [0.5, 0.6) is 0 Å². The Bertz CT molecular complexity index is 318. The summed E-state index contributed by atoms with van der Waals surface area (Å²) in [5.41, 5.74) is 1.42. The Hall–Kier alpha value is -0.890. The Morgan fingerprint density at radius 3 is 2.25 bits per heavy atom. The second-order valence-electron chi connectivity index (χ2n) is 5.14. The van der Waals surface area contributed by atoms with Gasteiger partial charge in [-0.25, -0.2) is 4.39 Å². The molecule has 0 amide bonds. The third kappa shape index (κ3) is 3.31. The highest BCUT2D eigenvalue weighted by Gasteiger charge is 2.27. The quantitative estimate of drug-likeness (QED) is 0.808. The molecular formula is C14H22FN. The summed E-state index contributed by atoms with van der Waals surface area (Å²) in [6, 6.07) is 6.84. The molecule has 0 spiro atoms. The number of nitrogens with one attached hydrogen (secondary N) is 1. The summed E-state index contributed by atoms with van der Waals surface area (Å²) in [4.78, 5) is 0. The maximum atomic E-state index is 12.8. The van der Waals surface area contributed by atoms with E-state index in [2.05, 4.69) is 26.1 Å². The van der Waals surface area contributed by atoms with Crippen molar-refractivity contribution in [1.82, 2.24) is 5.32 Å². The fourth-order valence-electron chi connectivity index (χ4n) is 1.94. The van der Waals surface area contributed by atoms with Crippen LogP contribution in [0.1, 0.15) is 26.3 Å². The van der Waals surface area contributed by atoms with Gasteiger partial charge in [0.05, 0.1) is 0 Å². The number of hydrogen-bond donors (Lipinski definition) is 1. The van der Waals surface area contributed by atoms with Crippen molar-refractivity contribution in [2.24, 2.45) is 11.3 Å². The van der Waals surface area contributed by atoms with Crippen molar-refractivity contribution in [1.29, 1.82) is 0 Å². The van der Waals surface area contributed by atoms with Crippen LogP contribution in [0.2, 0.25) is 0 Å². The van der Waals surface area contributed by atoms with Crippen LogP contribution in [-0.4, -0.2) is 13.6 Å². The molecule has 1 unspecified atom stereocenters. The molecule has 0 heterocycles. The number of rotatable bonds is 5. The highest BCUT2D eigenvalue weighted by molar-refractivity contribution is 5.18. The molecule has 1 nitrogen and oxygen atoms in total. The van der Waals surface area contributed by atoms with Gasteiger partial charge in [-0.1, -0.05) is 32.9 Å². The van der Waals surface area contributed by atoms with Gasteiger partial charge in [0.2, 0.25) is 0 Å². The lowest BCUT2D eigenvalue weighted by Gasteiger charge is -2.34. The van der Waals surface area contributed by atoms with Crippen molar-refractivity contribution in [3.05, 3.63) is 35.6 Å². The summed E-state index contributed by atoms with van der Waals surface area (Å²) in [6.45, 7) is 7.72. The van der Waals surface area contributed by atoms with E-state index in [4.69, 9.17) is 0 Å². The summed E-state index contributed by atoms with van der Waals surface area (Å²) >= 11 is 0. The zero-order valence-electron chi connectivity index (χ0n) is 10.7. The van der Waals surface area contributed by atoms with Crippen LogP contribution in [0.3, 0.4) is 0 Å². The molecule has 1 N–H and O–H groups in total. The van der Waals surface area contributed by atoms with Gasteiger partial charge in [-0.15, -0.1) is 0 Å². The summed E-state index contributed by atoms with van der Waals surface area (Å²) in [7, 11) is 1.98. The number of hydrogen-bond acceptors (Lipinski definition) is 1. The van der Waals surface area contributed by atoms with Gasteiger partial charge >= 0.3 is 0 Å². The number of benzene rings is 1. The van der Waals surface area contributed by atoms with Gasteiger partial charge in [0.1, 0.15) is 5.82 Å². The Labute approximate surface area is 98.1 Å². The van der Waals surface area contributed by atoms with Gasteiger partial charge in [0.25, 0.3) is 0 Å². The normalized spacial score (nSPS) is 15.1. The van der Waals surface area contributed by atoms with Crippen molar-refractivity contribution < 1.29 is 4.39 Å². The molecule has 0 saturated heterocycles. The van der Waals surface area contributed by atoms with Crippen molar-refractivity contribution in [2.45, 2.75) is 27.2 Å². The monoisotopic (exact) mass is 223 g/mol. The summed E-state index contributed by atoms with van der Waals surface area (Å²) in [5, 5.41) is 3.25. The molecule has 0 aromatic heterocycles. The molecule has 2 heteroatoms. The third-order valence-corrected chi connectivity index (χ3v) is 3.50. The van der Waals surface area contributed by atoms with Crippen molar-refractivity contribution >= 4 is 0 Å². The fourth-order valence-corrected chi connectivity index (χ4v) is 1.94. The summed E-state index contributed by atoms with van der Waals surface area (Å²) in [6.07, 6.45) is 0.978. The molecule has 0 aliphatic heterocycles. The van der Waals surface area contributed by atoms with Gasteiger partial charge in [-0.3, -0.25) is 0 Å². The van der Waals surface area contributed by atoms with Crippen LogP contribution in [0.4, 0.5) is 4.39 Å². The minimum Gasteiger partial charge on any atom is -0.319 e. The second-order valence-corrected chi connectivity index (χ2v) is 5.14. The first-order valence-electron chi connectivity index (χ1n) is 5.87. The number of halogens is 1. The highest BCUT2D eigenvalue weighted by Crippen LogP contribution is 2.30. The van der Waals surface area contributed by atoms with E-state index in [9.17, 15) is 4.39 Å². The smallest absolute Gasteiger partial charge is 0.123 e. The molecular weight excluding hydrogens is 201 g/mol.